The van der Waals surface area contributed by atoms with Gasteiger partial charge in [0.25, 0.3) is 0 Å². The summed E-state index contributed by atoms with van der Waals surface area (Å²) in [5.74, 6) is 0. The third-order valence-electron chi connectivity index (χ3n) is 1.66. The van der Waals surface area contributed by atoms with Gasteiger partial charge in [0.2, 0.25) is 0 Å². The van der Waals surface area contributed by atoms with Gasteiger partial charge in [-0.1, -0.05) is 15.9 Å². The monoisotopic (exact) mass is 248 g/mol. The fourth-order valence-corrected chi connectivity index (χ4v) is 3.02. The van der Waals surface area contributed by atoms with Gasteiger partial charge in [0.1, 0.15) is 0 Å². The molecule has 1 unspecified atom stereocenters. The van der Waals surface area contributed by atoms with Crippen molar-refractivity contribution >= 4 is 39.3 Å². The Labute approximate surface area is 83.4 Å². The largest absolute Gasteiger partial charge is 0.110 e. The molecule has 1 heterocycles. The van der Waals surface area contributed by atoms with Crippen LogP contribution in [0.1, 0.15) is 5.56 Å². The minimum absolute atomic E-state index is 0.235. The van der Waals surface area contributed by atoms with Crippen LogP contribution in [0, 0.1) is 0 Å². The molecule has 1 aromatic rings. The van der Waals surface area contributed by atoms with Gasteiger partial charge in [0, 0.05) is 9.37 Å². The van der Waals surface area contributed by atoms with Crippen LogP contribution < -0.4 is 0 Å². The van der Waals surface area contributed by atoms with Gasteiger partial charge in [-0.05, 0) is 30.2 Å². The zero-order valence-corrected chi connectivity index (χ0v) is 8.84. The van der Waals surface area contributed by atoms with Crippen LogP contribution in [-0.4, -0.2) is 4.71 Å². The Morgan fingerprint density at radius 1 is 1.55 bits per heavy atom. The van der Waals surface area contributed by atoms with Crippen molar-refractivity contribution < 1.29 is 0 Å². The molecule has 0 amide bonds. The molecule has 0 radical (unpaired) electrons. The number of thioether (sulfide) groups is 1. The predicted molar refractivity (Wildman–Crippen MR) is 53.3 cm³/mol. The maximum Gasteiger partial charge on any atom is 0.0876 e. The first kappa shape index (κ1) is 7.96. The van der Waals surface area contributed by atoms with Gasteiger partial charge in [0.15, 0.2) is 0 Å². The summed E-state index contributed by atoms with van der Waals surface area (Å²) in [5.41, 5.74) is 1.37. The van der Waals surface area contributed by atoms with Crippen molar-refractivity contribution in [2.45, 2.75) is 16.0 Å². The number of benzene rings is 1. The Balaban J connectivity index is 2.43. The van der Waals surface area contributed by atoms with E-state index >= 15 is 0 Å². The van der Waals surface area contributed by atoms with Gasteiger partial charge in [0.05, 0.1) is 4.71 Å². The molecule has 0 bridgehead atoms. The summed E-state index contributed by atoms with van der Waals surface area (Å²) < 4.78 is 1.38. The first-order valence-corrected chi connectivity index (χ1v) is 5.46. The summed E-state index contributed by atoms with van der Waals surface area (Å²) in [5, 5.41) is 0. The standard InChI is InChI=1S/C8H6BrClS/c9-6-1-2-7-5(3-6)4-8(10)11-7/h1-3,8H,4H2. The van der Waals surface area contributed by atoms with Gasteiger partial charge in [-0.2, -0.15) is 0 Å². The van der Waals surface area contributed by atoms with Crippen molar-refractivity contribution in [1.82, 2.24) is 0 Å². The molecule has 0 fully saturated rings. The highest BCUT2D eigenvalue weighted by Crippen LogP contribution is 2.39. The molecule has 1 aromatic carbocycles. The number of rotatable bonds is 0. The molecule has 3 heteroatoms. The Kier molecular flexibility index (Phi) is 2.17. The number of hydrogen-bond acceptors (Lipinski definition) is 1. The predicted octanol–water partition coefficient (Wildman–Crippen LogP) is 3.66. The molecule has 0 spiro atoms. The highest BCUT2D eigenvalue weighted by Gasteiger charge is 2.19. The second kappa shape index (κ2) is 3.00. The zero-order chi connectivity index (χ0) is 7.84. The second-order valence-electron chi connectivity index (χ2n) is 2.48. The normalized spacial score (nSPS) is 21.8. The lowest BCUT2D eigenvalue weighted by Gasteiger charge is -1.95. The van der Waals surface area contributed by atoms with E-state index in [0.29, 0.717) is 0 Å². The molecule has 0 aliphatic carbocycles. The van der Waals surface area contributed by atoms with Crippen LogP contribution in [0.15, 0.2) is 27.6 Å². The third-order valence-corrected chi connectivity index (χ3v) is 3.65. The molecule has 1 atom stereocenters. The second-order valence-corrected chi connectivity index (χ2v) is 5.43. The van der Waals surface area contributed by atoms with Crippen LogP contribution >= 0.6 is 39.3 Å². The summed E-state index contributed by atoms with van der Waals surface area (Å²) in [7, 11) is 0. The fourth-order valence-electron chi connectivity index (χ4n) is 1.17. The van der Waals surface area contributed by atoms with Gasteiger partial charge >= 0.3 is 0 Å². The van der Waals surface area contributed by atoms with Crippen LogP contribution in [0.3, 0.4) is 0 Å². The molecule has 11 heavy (non-hydrogen) atoms. The Morgan fingerprint density at radius 3 is 3.18 bits per heavy atom. The molecule has 1 aliphatic heterocycles. The Hall–Kier alpha value is 0.340. The number of halogens is 2. The van der Waals surface area contributed by atoms with Crippen LogP contribution in [0.25, 0.3) is 0 Å². The van der Waals surface area contributed by atoms with E-state index in [1.165, 1.54) is 10.5 Å². The smallest absolute Gasteiger partial charge is 0.0876 e. The molecule has 0 saturated heterocycles. The maximum atomic E-state index is 5.98. The molecule has 58 valence electrons. The minimum atomic E-state index is 0.235. The first-order chi connectivity index (χ1) is 5.25. The topological polar surface area (TPSA) is 0 Å². The van der Waals surface area contributed by atoms with Crippen molar-refractivity contribution in [2.24, 2.45) is 0 Å². The average Bonchev–Trinajstić information content (AvgIpc) is 2.27. The van der Waals surface area contributed by atoms with Crippen LogP contribution in [0.2, 0.25) is 0 Å². The summed E-state index contributed by atoms with van der Waals surface area (Å²) in [4.78, 5) is 1.33. The third kappa shape index (κ3) is 1.58. The Morgan fingerprint density at radius 2 is 2.36 bits per heavy atom. The zero-order valence-electron chi connectivity index (χ0n) is 5.68. The van der Waals surface area contributed by atoms with Crippen molar-refractivity contribution in [3.8, 4) is 0 Å². The van der Waals surface area contributed by atoms with Gasteiger partial charge in [-0.3, -0.25) is 0 Å². The lowest BCUT2D eigenvalue weighted by Crippen LogP contribution is -1.86. The van der Waals surface area contributed by atoms with Crippen molar-refractivity contribution in [1.29, 1.82) is 0 Å². The SMILES string of the molecule is ClC1Cc2cc(Br)ccc2S1. The quantitative estimate of drug-likeness (QED) is 0.632. The Bertz CT molecular complexity index is 287. The van der Waals surface area contributed by atoms with E-state index in [2.05, 4.69) is 34.1 Å². The van der Waals surface area contributed by atoms with E-state index in [-0.39, 0.29) is 4.71 Å². The summed E-state index contributed by atoms with van der Waals surface area (Å²) >= 11 is 11.2. The van der Waals surface area contributed by atoms with Crippen LogP contribution in [0.5, 0.6) is 0 Å². The van der Waals surface area contributed by atoms with E-state index in [1.54, 1.807) is 11.8 Å². The lowest BCUT2D eigenvalue weighted by atomic mass is 10.2. The average molecular weight is 250 g/mol. The van der Waals surface area contributed by atoms with Gasteiger partial charge in [-0.25, -0.2) is 0 Å². The van der Waals surface area contributed by atoms with Gasteiger partial charge < -0.3 is 0 Å². The molecular formula is C8H6BrClS. The number of alkyl halides is 1. The van der Waals surface area contributed by atoms with Gasteiger partial charge in [-0.15, -0.1) is 23.4 Å². The van der Waals surface area contributed by atoms with E-state index < -0.39 is 0 Å². The first-order valence-electron chi connectivity index (χ1n) is 3.35. The maximum absolute atomic E-state index is 5.98. The van der Waals surface area contributed by atoms with E-state index in [4.69, 9.17) is 11.6 Å². The van der Waals surface area contributed by atoms with Crippen LogP contribution in [-0.2, 0) is 6.42 Å². The fraction of sp³-hybridized carbons (Fsp3) is 0.250. The molecule has 0 N–H and O–H groups in total. The van der Waals surface area contributed by atoms with E-state index in [9.17, 15) is 0 Å². The molecule has 0 saturated carbocycles. The molecule has 0 aromatic heterocycles. The number of fused-ring (bicyclic) bond motifs is 1. The summed E-state index contributed by atoms with van der Waals surface area (Å²) in [6, 6.07) is 6.32. The van der Waals surface area contributed by atoms with Crippen molar-refractivity contribution in [3.05, 3.63) is 28.2 Å². The highest BCUT2D eigenvalue weighted by molar-refractivity contribution is 9.10. The molecular weight excluding hydrogens is 244 g/mol. The molecule has 2 rings (SSSR count). The molecule has 1 aliphatic rings. The highest BCUT2D eigenvalue weighted by atomic mass is 79.9. The van der Waals surface area contributed by atoms with E-state index in [1.807, 2.05) is 0 Å². The molecule has 0 nitrogen and oxygen atoms in total. The van der Waals surface area contributed by atoms with Crippen molar-refractivity contribution in [3.63, 3.8) is 0 Å². The lowest BCUT2D eigenvalue weighted by molar-refractivity contribution is 1.10. The number of hydrogen-bond donors (Lipinski definition) is 0. The minimum Gasteiger partial charge on any atom is -0.110 e. The van der Waals surface area contributed by atoms with Crippen LogP contribution in [0.4, 0.5) is 0 Å². The van der Waals surface area contributed by atoms with Crippen molar-refractivity contribution in [2.75, 3.05) is 0 Å². The summed E-state index contributed by atoms with van der Waals surface area (Å²) in [6.07, 6.45) is 0.987. The van der Waals surface area contributed by atoms with E-state index in [0.717, 1.165) is 10.9 Å². The summed E-state index contributed by atoms with van der Waals surface area (Å²) in [6.45, 7) is 0.